The number of benzene rings is 1. The van der Waals surface area contributed by atoms with Gasteiger partial charge in [-0.15, -0.1) is 0 Å². The third kappa shape index (κ3) is 6.13. The molecule has 2 aromatic rings. The Labute approximate surface area is 155 Å². The maximum atomic E-state index is 13.0. The lowest BCUT2D eigenvalue weighted by molar-refractivity contribution is -0.342. The van der Waals surface area contributed by atoms with Gasteiger partial charge in [0.25, 0.3) is 0 Å². The Kier molecular flexibility index (Phi) is 7.97. The minimum Gasteiger partial charge on any atom is -1.00 e. The Hall–Kier alpha value is -2.51. The van der Waals surface area contributed by atoms with Crippen LogP contribution < -0.4 is 33.8 Å². The zero-order chi connectivity index (χ0) is 17.5. The molecule has 0 aliphatic heterocycles. The molecule has 0 fully saturated rings. The number of halogens is 3. The number of pyridine rings is 1. The molecule has 1 heterocycles. The van der Waals surface area contributed by atoms with Crippen LogP contribution in [0.15, 0.2) is 43.0 Å². The van der Waals surface area contributed by atoms with E-state index in [1.807, 2.05) is 0 Å². The first-order valence-electron chi connectivity index (χ1n) is 7.04. The van der Waals surface area contributed by atoms with Crippen LogP contribution in [0.1, 0.15) is 5.56 Å². The molecule has 6 nitrogen and oxygen atoms in total. The number of carbonyl (C=O) groups excluding carboxylic acids is 1. The number of carbonyl (C=O) groups is 1. The molecule has 1 aromatic heterocycles. The lowest BCUT2D eigenvalue weighted by atomic mass is 10.2. The normalized spacial score (nSPS) is 9.68. The van der Waals surface area contributed by atoms with Crippen molar-refractivity contribution in [3.8, 4) is 0 Å². The van der Waals surface area contributed by atoms with Crippen molar-refractivity contribution in [3.63, 3.8) is 0 Å². The number of anilines is 3. The van der Waals surface area contributed by atoms with Crippen LogP contribution in [-0.2, 0) is 11.3 Å². The third-order valence-electron chi connectivity index (χ3n) is 3.03. The second-order valence-corrected chi connectivity index (χ2v) is 5.21. The molecular weight excluding hydrogens is 370 g/mol. The molecule has 0 radical (unpaired) electrons. The molecular formula is C16H17Cl2FN4O2. The van der Waals surface area contributed by atoms with Crippen LogP contribution >= 0.6 is 11.6 Å². The van der Waals surface area contributed by atoms with E-state index in [4.69, 9.17) is 22.1 Å². The number of nitrogens with one attached hydrogen (secondary N) is 3. The molecule has 0 spiro atoms. The first-order valence-corrected chi connectivity index (χ1v) is 7.41. The number of nitrogens with two attached hydrogens (primary N) is 1. The third-order valence-corrected chi connectivity index (χ3v) is 3.38. The van der Waals surface area contributed by atoms with Crippen LogP contribution in [0.25, 0.3) is 0 Å². The Morgan fingerprint density at radius 1 is 1.40 bits per heavy atom. The monoisotopic (exact) mass is 386 g/mol. The van der Waals surface area contributed by atoms with Gasteiger partial charge in [0.15, 0.2) is 0 Å². The quantitative estimate of drug-likeness (QED) is 0.619. The van der Waals surface area contributed by atoms with Crippen molar-refractivity contribution >= 4 is 35.0 Å². The highest BCUT2D eigenvalue weighted by Gasteiger charge is 2.11. The van der Waals surface area contributed by atoms with Crippen LogP contribution in [0.3, 0.4) is 0 Å². The second kappa shape index (κ2) is 9.71. The average molecular weight is 387 g/mol. The summed E-state index contributed by atoms with van der Waals surface area (Å²) in [6.45, 7) is 3.93. The number of rotatable bonds is 6. The summed E-state index contributed by atoms with van der Waals surface area (Å²) in [5.74, 6) is 0.469. The van der Waals surface area contributed by atoms with Gasteiger partial charge in [-0.1, -0.05) is 30.3 Å². The smallest absolute Gasteiger partial charge is 0.412 e. The summed E-state index contributed by atoms with van der Waals surface area (Å²) in [6.07, 6.45) is 0.830. The Bertz CT molecular complexity index is 759. The molecule has 0 unspecified atom stereocenters. The second-order valence-electron chi connectivity index (χ2n) is 4.80. The summed E-state index contributed by atoms with van der Waals surface area (Å²) in [5, 5.41) is 5.91. The van der Waals surface area contributed by atoms with Gasteiger partial charge in [0.05, 0.1) is 6.54 Å². The van der Waals surface area contributed by atoms with Crippen LogP contribution in [-0.4, -0.2) is 12.7 Å². The average Bonchev–Trinajstić information content (AvgIpc) is 2.54. The molecule has 2 rings (SSSR count). The lowest BCUT2D eigenvalue weighted by Crippen LogP contribution is -3.00. The summed E-state index contributed by atoms with van der Waals surface area (Å²) in [5.41, 5.74) is 6.98. The Morgan fingerprint density at radius 2 is 2.16 bits per heavy atom. The Morgan fingerprint density at radius 3 is 2.80 bits per heavy atom. The number of nitrogen functional groups attached to an aromatic ring is 1. The number of aromatic amines is 1. The van der Waals surface area contributed by atoms with E-state index < -0.39 is 11.9 Å². The van der Waals surface area contributed by atoms with Gasteiger partial charge < -0.3 is 28.2 Å². The van der Waals surface area contributed by atoms with Gasteiger partial charge in [-0.2, -0.15) is 0 Å². The highest BCUT2D eigenvalue weighted by atomic mass is 35.5. The first-order chi connectivity index (χ1) is 11.5. The highest BCUT2D eigenvalue weighted by Crippen LogP contribution is 2.19. The summed E-state index contributed by atoms with van der Waals surface area (Å²) in [7, 11) is 0. The number of hydrogen-bond acceptors (Lipinski definition) is 4. The predicted octanol–water partition coefficient (Wildman–Crippen LogP) is 0.226. The van der Waals surface area contributed by atoms with Gasteiger partial charge >= 0.3 is 6.09 Å². The fourth-order valence-electron chi connectivity index (χ4n) is 1.86. The molecule has 0 saturated heterocycles. The van der Waals surface area contributed by atoms with Crippen LogP contribution in [0.5, 0.6) is 0 Å². The summed E-state index contributed by atoms with van der Waals surface area (Å²) in [4.78, 5) is 14.4. The minimum absolute atomic E-state index is 0. The van der Waals surface area contributed by atoms with Crippen LogP contribution in [0.2, 0.25) is 5.02 Å². The zero-order valence-electron chi connectivity index (χ0n) is 13.1. The number of aromatic nitrogens is 1. The molecule has 1 aromatic carbocycles. The maximum absolute atomic E-state index is 13.0. The zero-order valence-corrected chi connectivity index (χ0v) is 14.6. The summed E-state index contributed by atoms with van der Waals surface area (Å²) in [6, 6.07) is 7.49. The number of ether oxygens (including phenoxy) is 1. The largest absolute Gasteiger partial charge is 1.00 e. The molecule has 0 bridgehead atoms. The van der Waals surface area contributed by atoms with Crippen molar-refractivity contribution in [1.82, 2.24) is 0 Å². The maximum Gasteiger partial charge on any atom is 0.412 e. The summed E-state index contributed by atoms with van der Waals surface area (Å²) < 4.78 is 17.8. The van der Waals surface area contributed by atoms with E-state index in [-0.39, 0.29) is 24.8 Å². The van der Waals surface area contributed by atoms with E-state index in [0.29, 0.717) is 23.1 Å². The van der Waals surface area contributed by atoms with E-state index in [2.05, 4.69) is 22.2 Å². The molecule has 1 amide bonds. The van der Waals surface area contributed by atoms with Crippen molar-refractivity contribution < 1.29 is 31.3 Å². The highest BCUT2D eigenvalue weighted by molar-refractivity contribution is 6.31. The first kappa shape index (κ1) is 20.5. The fourth-order valence-corrected chi connectivity index (χ4v) is 2.09. The standard InChI is InChI=1S/C16H16ClFN4O2.ClH/c1-2-7-24-16(23)21-13-5-6-14(22-15(13)19)20-9-10-3-4-11(18)8-12(10)17;/h2-6,8H,1,7,9H2,(H,21,23)(H3,19,20,22);1H. The molecule has 134 valence electrons. The molecule has 25 heavy (non-hydrogen) atoms. The van der Waals surface area contributed by atoms with E-state index >= 15 is 0 Å². The van der Waals surface area contributed by atoms with Crippen LogP contribution in [0.4, 0.5) is 26.5 Å². The van der Waals surface area contributed by atoms with Gasteiger partial charge in [-0.05, 0) is 18.2 Å². The minimum atomic E-state index is -0.631. The molecule has 5 N–H and O–H groups in total. The van der Waals surface area contributed by atoms with Crippen molar-refractivity contribution in [1.29, 1.82) is 0 Å². The number of H-pyrrole nitrogens is 1. The van der Waals surface area contributed by atoms with Crippen molar-refractivity contribution in [3.05, 3.63) is 59.4 Å². The predicted molar refractivity (Wildman–Crippen MR) is 91.3 cm³/mol. The van der Waals surface area contributed by atoms with Gasteiger partial charge in [-0.25, -0.2) is 14.2 Å². The van der Waals surface area contributed by atoms with Crippen LogP contribution in [0, 0.1) is 5.82 Å². The van der Waals surface area contributed by atoms with Gasteiger partial charge in [0, 0.05) is 16.7 Å². The fraction of sp³-hybridized carbons (Fsp3) is 0.125. The number of amides is 1. The van der Waals surface area contributed by atoms with E-state index in [9.17, 15) is 9.18 Å². The molecule has 0 saturated carbocycles. The molecule has 0 aliphatic carbocycles. The molecule has 9 heteroatoms. The van der Waals surface area contributed by atoms with Gasteiger partial charge in [0.2, 0.25) is 11.6 Å². The molecule has 0 aliphatic rings. The molecule has 0 atom stereocenters. The van der Waals surface area contributed by atoms with E-state index in [0.717, 1.165) is 5.56 Å². The topological polar surface area (TPSA) is 90.5 Å². The van der Waals surface area contributed by atoms with E-state index in [1.54, 1.807) is 18.2 Å². The van der Waals surface area contributed by atoms with Gasteiger partial charge in [-0.3, -0.25) is 5.32 Å². The van der Waals surface area contributed by atoms with E-state index in [1.165, 1.54) is 18.2 Å². The SMILES string of the molecule is C=CCOC(=O)Nc1ccc(NCc2ccc(F)cc2Cl)[nH+]c1N.[Cl-]. The number of hydrogen-bond donors (Lipinski definition) is 3. The van der Waals surface area contributed by atoms with Crippen molar-refractivity contribution in [2.24, 2.45) is 0 Å². The van der Waals surface area contributed by atoms with Crippen molar-refractivity contribution in [2.75, 3.05) is 23.0 Å². The summed E-state index contributed by atoms with van der Waals surface area (Å²) >= 11 is 5.97. The lowest BCUT2D eigenvalue weighted by Gasteiger charge is -2.08. The Balaban J connectivity index is 0.00000312. The van der Waals surface area contributed by atoms with Gasteiger partial charge in [0.1, 0.15) is 18.1 Å². The van der Waals surface area contributed by atoms with Crippen molar-refractivity contribution in [2.45, 2.75) is 6.54 Å².